The highest BCUT2D eigenvalue weighted by molar-refractivity contribution is 5.91. The lowest BCUT2D eigenvalue weighted by Crippen LogP contribution is -1.96. The maximum atomic E-state index is 5.47. The van der Waals surface area contributed by atoms with Crippen molar-refractivity contribution in [1.82, 2.24) is 0 Å². The van der Waals surface area contributed by atoms with Crippen molar-refractivity contribution < 1.29 is 18.9 Å². The molecule has 2 aromatic carbocycles. The summed E-state index contributed by atoms with van der Waals surface area (Å²) in [6.07, 6.45) is 1.82. The molecule has 0 aliphatic rings. The molecule has 0 aromatic heterocycles. The van der Waals surface area contributed by atoms with E-state index in [0.29, 0.717) is 0 Å². The zero-order chi connectivity index (χ0) is 19.1. The molecule has 4 nitrogen and oxygen atoms in total. The van der Waals surface area contributed by atoms with Gasteiger partial charge < -0.3 is 18.9 Å². The first-order valence-electron chi connectivity index (χ1n) is 8.80. The fourth-order valence-corrected chi connectivity index (χ4v) is 3.23. The smallest absolute Gasteiger partial charge is 0.161 e. The lowest BCUT2D eigenvalue weighted by molar-refractivity contribution is 0.355. The molecule has 4 heteroatoms. The molecule has 0 unspecified atom stereocenters. The average Bonchev–Trinajstić information content (AvgIpc) is 2.70. The first kappa shape index (κ1) is 19.7. The molecule has 0 saturated carbocycles. The van der Waals surface area contributed by atoms with Crippen LogP contribution in [0, 0.1) is 0 Å². The quantitative estimate of drug-likeness (QED) is 0.589. The molecule has 0 radical (unpaired) electrons. The number of hydrogen-bond donors (Lipinski definition) is 0. The second kappa shape index (κ2) is 9.18. The Labute approximate surface area is 156 Å². The molecule has 0 amide bonds. The number of hydrogen-bond acceptors (Lipinski definition) is 4. The second-order valence-electron chi connectivity index (χ2n) is 5.80. The predicted octanol–water partition coefficient (Wildman–Crippen LogP) is 5.45. The Morgan fingerprint density at radius 2 is 0.923 bits per heavy atom. The Bertz CT molecular complexity index is 712. The highest BCUT2D eigenvalue weighted by Crippen LogP contribution is 2.38. The third-order valence-corrected chi connectivity index (χ3v) is 4.54. The number of allylic oxidation sites excluding steroid dienone is 2. The van der Waals surface area contributed by atoms with Crippen molar-refractivity contribution in [2.24, 2.45) is 0 Å². The van der Waals surface area contributed by atoms with Crippen molar-refractivity contribution in [3.63, 3.8) is 0 Å². The summed E-state index contributed by atoms with van der Waals surface area (Å²) in [6.45, 7) is 4.34. The third-order valence-electron chi connectivity index (χ3n) is 4.54. The molecule has 0 aliphatic heterocycles. The van der Waals surface area contributed by atoms with Crippen LogP contribution in [-0.4, -0.2) is 28.4 Å². The molecule has 2 aromatic rings. The Hall–Kier alpha value is -2.62. The topological polar surface area (TPSA) is 36.9 Å². The van der Waals surface area contributed by atoms with Gasteiger partial charge in [-0.15, -0.1) is 0 Å². The van der Waals surface area contributed by atoms with E-state index in [9.17, 15) is 0 Å². The normalized spacial score (nSPS) is 11.6. The number of rotatable bonds is 8. The number of methoxy groups -OCH3 is 4. The Kier molecular flexibility index (Phi) is 6.96. The van der Waals surface area contributed by atoms with Crippen LogP contribution in [0.5, 0.6) is 23.0 Å². The van der Waals surface area contributed by atoms with Crippen LogP contribution in [0.2, 0.25) is 0 Å². The monoisotopic (exact) mass is 356 g/mol. The summed E-state index contributed by atoms with van der Waals surface area (Å²) in [7, 11) is 6.61. The van der Waals surface area contributed by atoms with E-state index in [4.69, 9.17) is 18.9 Å². The summed E-state index contributed by atoms with van der Waals surface area (Å²) in [6, 6.07) is 12.1. The van der Waals surface area contributed by atoms with Gasteiger partial charge in [-0.1, -0.05) is 26.0 Å². The van der Waals surface area contributed by atoms with Crippen molar-refractivity contribution in [3.05, 3.63) is 47.5 Å². The van der Waals surface area contributed by atoms with Gasteiger partial charge in [-0.25, -0.2) is 0 Å². The minimum atomic E-state index is 0.732. The Morgan fingerprint density at radius 3 is 1.19 bits per heavy atom. The predicted molar refractivity (Wildman–Crippen MR) is 106 cm³/mol. The van der Waals surface area contributed by atoms with Gasteiger partial charge in [-0.05, 0) is 59.4 Å². The van der Waals surface area contributed by atoms with Gasteiger partial charge in [0.25, 0.3) is 0 Å². The summed E-state index contributed by atoms with van der Waals surface area (Å²) in [4.78, 5) is 0. The van der Waals surface area contributed by atoms with Crippen molar-refractivity contribution >= 4 is 11.1 Å². The zero-order valence-electron chi connectivity index (χ0n) is 16.5. The van der Waals surface area contributed by atoms with Gasteiger partial charge in [0.2, 0.25) is 0 Å². The molecule has 0 heterocycles. The van der Waals surface area contributed by atoms with Gasteiger partial charge >= 0.3 is 0 Å². The molecule has 0 spiro atoms. The van der Waals surface area contributed by atoms with Gasteiger partial charge in [0.1, 0.15) is 0 Å². The SMILES string of the molecule is CC/C(=C(\CC)c1ccc(OC)c(OC)c1)c1ccc(OC)c(OC)c1. The molecule has 0 saturated heterocycles. The Balaban J connectivity index is 2.61. The van der Waals surface area contributed by atoms with Gasteiger partial charge in [0.05, 0.1) is 28.4 Å². The van der Waals surface area contributed by atoms with Crippen LogP contribution in [0.3, 0.4) is 0 Å². The highest BCUT2D eigenvalue weighted by Gasteiger charge is 2.14. The van der Waals surface area contributed by atoms with Crippen molar-refractivity contribution in [3.8, 4) is 23.0 Å². The van der Waals surface area contributed by atoms with E-state index >= 15 is 0 Å². The summed E-state index contributed by atoms with van der Waals surface area (Å²) >= 11 is 0. The van der Waals surface area contributed by atoms with Crippen LogP contribution in [0.25, 0.3) is 11.1 Å². The number of ether oxygens (including phenoxy) is 4. The van der Waals surface area contributed by atoms with Crippen LogP contribution < -0.4 is 18.9 Å². The fraction of sp³-hybridized carbons (Fsp3) is 0.364. The first-order valence-corrected chi connectivity index (χ1v) is 8.80. The summed E-state index contributed by atoms with van der Waals surface area (Å²) in [5, 5.41) is 0. The van der Waals surface area contributed by atoms with E-state index in [2.05, 4.69) is 26.0 Å². The van der Waals surface area contributed by atoms with Gasteiger partial charge in [-0.3, -0.25) is 0 Å². The van der Waals surface area contributed by atoms with Crippen molar-refractivity contribution in [2.45, 2.75) is 26.7 Å². The van der Waals surface area contributed by atoms with E-state index in [1.807, 2.05) is 24.3 Å². The maximum absolute atomic E-state index is 5.47. The van der Waals surface area contributed by atoms with Crippen LogP contribution in [0.1, 0.15) is 37.8 Å². The lowest BCUT2D eigenvalue weighted by Gasteiger charge is -2.17. The molecule has 0 aliphatic carbocycles. The summed E-state index contributed by atoms with van der Waals surface area (Å²) in [5.74, 6) is 2.93. The van der Waals surface area contributed by atoms with Crippen LogP contribution in [-0.2, 0) is 0 Å². The maximum Gasteiger partial charge on any atom is 0.161 e. The third kappa shape index (κ3) is 3.96. The van der Waals surface area contributed by atoms with E-state index in [1.54, 1.807) is 28.4 Å². The van der Waals surface area contributed by atoms with Gasteiger partial charge in [0, 0.05) is 0 Å². The molecule has 0 N–H and O–H groups in total. The van der Waals surface area contributed by atoms with E-state index in [1.165, 1.54) is 11.1 Å². The van der Waals surface area contributed by atoms with Gasteiger partial charge in [0.15, 0.2) is 23.0 Å². The molecule has 0 fully saturated rings. The standard InChI is InChI=1S/C22H28O4/c1-7-17(15-9-11-19(23-3)21(13-15)25-5)18(8-2)16-10-12-20(24-4)22(14-16)26-6/h9-14H,7-8H2,1-6H3/b18-17-. The lowest BCUT2D eigenvalue weighted by atomic mass is 9.91. The molecule has 0 atom stereocenters. The molecule has 140 valence electrons. The van der Waals surface area contributed by atoms with E-state index < -0.39 is 0 Å². The fourth-order valence-electron chi connectivity index (χ4n) is 3.23. The largest absolute Gasteiger partial charge is 0.493 e. The summed E-state index contributed by atoms with van der Waals surface area (Å²) in [5.41, 5.74) is 4.83. The molecular formula is C22H28O4. The van der Waals surface area contributed by atoms with Crippen molar-refractivity contribution in [1.29, 1.82) is 0 Å². The zero-order valence-corrected chi connectivity index (χ0v) is 16.5. The van der Waals surface area contributed by atoms with E-state index in [0.717, 1.165) is 47.0 Å². The van der Waals surface area contributed by atoms with Gasteiger partial charge in [-0.2, -0.15) is 0 Å². The van der Waals surface area contributed by atoms with Crippen LogP contribution in [0.4, 0.5) is 0 Å². The van der Waals surface area contributed by atoms with Crippen LogP contribution in [0.15, 0.2) is 36.4 Å². The molecular weight excluding hydrogens is 328 g/mol. The number of benzene rings is 2. The second-order valence-corrected chi connectivity index (χ2v) is 5.80. The first-order chi connectivity index (χ1) is 12.6. The molecule has 2 rings (SSSR count). The average molecular weight is 356 g/mol. The van der Waals surface area contributed by atoms with Crippen LogP contribution >= 0.6 is 0 Å². The van der Waals surface area contributed by atoms with Crippen molar-refractivity contribution in [2.75, 3.05) is 28.4 Å². The van der Waals surface area contributed by atoms with E-state index in [-0.39, 0.29) is 0 Å². The minimum absolute atomic E-state index is 0.732. The molecule has 26 heavy (non-hydrogen) atoms. The Morgan fingerprint density at radius 1 is 0.577 bits per heavy atom. The summed E-state index contributed by atoms with van der Waals surface area (Å²) < 4.78 is 21.7. The minimum Gasteiger partial charge on any atom is -0.493 e. The highest BCUT2D eigenvalue weighted by atomic mass is 16.5. The molecule has 0 bridgehead atoms.